The molecule has 8 nitrogen and oxygen atoms in total. The van der Waals surface area contributed by atoms with Gasteiger partial charge in [0, 0.05) is 17.1 Å². The molecule has 2 amide bonds. The van der Waals surface area contributed by atoms with Crippen LogP contribution in [0.5, 0.6) is 0 Å². The monoisotopic (exact) mass is 487 g/mol. The third-order valence-electron chi connectivity index (χ3n) is 5.32. The van der Waals surface area contributed by atoms with Crippen molar-refractivity contribution in [1.82, 2.24) is 15.2 Å². The Balaban J connectivity index is 1.39. The second-order valence-electron chi connectivity index (χ2n) is 7.50. The number of benzene rings is 2. The molecule has 1 aliphatic heterocycles. The zero-order valence-electron chi connectivity index (χ0n) is 17.3. The number of H-pyrrole nitrogens is 1. The van der Waals surface area contributed by atoms with Gasteiger partial charge in [0.25, 0.3) is 11.1 Å². The molecule has 5 rings (SSSR count). The molecule has 0 radical (unpaired) electrons. The van der Waals surface area contributed by atoms with Gasteiger partial charge in [-0.05, 0) is 18.2 Å². The van der Waals surface area contributed by atoms with E-state index in [4.69, 9.17) is 4.42 Å². The molecule has 0 spiro atoms. The highest BCUT2D eigenvalue weighted by Gasteiger charge is 2.49. The van der Waals surface area contributed by atoms with Crippen molar-refractivity contribution in [3.63, 3.8) is 0 Å². The normalized spacial score (nSPS) is 16.3. The van der Waals surface area contributed by atoms with Gasteiger partial charge in [-0.25, -0.2) is 0 Å². The smallest absolute Gasteiger partial charge is 0.409 e. The van der Waals surface area contributed by atoms with Crippen LogP contribution in [0.2, 0.25) is 0 Å². The molecular formula is C22H16F3N5O3S. The predicted octanol–water partition coefficient (Wildman–Crippen LogP) is 4.62. The van der Waals surface area contributed by atoms with E-state index in [0.717, 1.165) is 22.7 Å². The molecule has 12 heteroatoms. The third kappa shape index (κ3) is 4.12. The Labute approximate surface area is 194 Å². The highest BCUT2D eigenvalue weighted by molar-refractivity contribution is 7.99. The van der Waals surface area contributed by atoms with Crippen LogP contribution >= 0.6 is 11.8 Å². The van der Waals surface area contributed by atoms with E-state index in [2.05, 4.69) is 20.5 Å². The highest BCUT2D eigenvalue weighted by Crippen LogP contribution is 2.38. The van der Waals surface area contributed by atoms with Crippen molar-refractivity contribution < 1.29 is 27.2 Å². The van der Waals surface area contributed by atoms with Crippen LogP contribution in [0.1, 0.15) is 6.42 Å². The average Bonchev–Trinajstić information content (AvgIpc) is 3.40. The number of rotatable bonds is 4. The summed E-state index contributed by atoms with van der Waals surface area (Å²) in [5, 5.41) is 11.2. The largest absolute Gasteiger partial charge is 0.411 e. The Hall–Kier alpha value is -3.80. The number of hydrogen-bond acceptors (Lipinski definition) is 6. The van der Waals surface area contributed by atoms with Gasteiger partial charge in [-0.3, -0.25) is 14.5 Å². The Morgan fingerprint density at radius 2 is 1.91 bits per heavy atom. The molecule has 4 aromatic rings. The highest BCUT2D eigenvalue weighted by atomic mass is 32.2. The molecule has 0 aliphatic carbocycles. The SMILES string of the molecule is O=C1CC(C(F)(F)F)N(C(=O)CSc2nnc(-c3c[nH]c4ccccc34)o2)c2ccccc2N1. The van der Waals surface area contributed by atoms with Crippen LogP contribution in [-0.2, 0) is 9.59 Å². The molecule has 2 aromatic heterocycles. The van der Waals surface area contributed by atoms with Crippen molar-refractivity contribution in [2.24, 2.45) is 0 Å². The number of halogens is 3. The van der Waals surface area contributed by atoms with Crippen molar-refractivity contribution in [3.8, 4) is 11.5 Å². The van der Waals surface area contributed by atoms with Crippen molar-refractivity contribution >= 4 is 45.9 Å². The van der Waals surface area contributed by atoms with E-state index in [0.29, 0.717) is 10.5 Å². The number of anilines is 2. The fraction of sp³-hybridized carbons (Fsp3) is 0.182. The van der Waals surface area contributed by atoms with Crippen LogP contribution in [0.4, 0.5) is 24.5 Å². The van der Waals surface area contributed by atoms with Gasteiger partial charge in [-0.2, -0.15) is 13.2 Å². The van der Waals surface area contributed by atoms with Crippen LogP contribution in [0.15, 0.2) is 64.4 Å². The van der Waals surface area contributed by atoms with E-state index in [1.165, 1.54) is 18.2 Å². The Kier molecular flexibility index (Phi) is 5.52. The molecule has 3 heterocycles. The lowest BCUT2D eigenvalue weighted by atomic mass is 10.1. The minimum atomic E-state index is -4.80. The summed E-state index contributed by atoms with van der Waals surface area (Å²) in [6.07, 6.45) is -3.99. The van der Waals surface area contributed by atoms with E-state index < -0.39 is 36.2 Å². The molecule has 0 saturated heterocycles. The Morgan fingerprint density at radius 3 is 2.74 bits per heavy atom. The molecule has 0 fully saturated rings. The van der Waals surface area contributed by atoms with E-state index in [-0.39, 0.29) is 22.5 Å². The summed E-state index contributed by atoms with van der Waals surface area (Å²) in [4.78, 5) is 28.8. The van der Waals surface area contributed by atoms with Crippen LogP contribution in [-0.4, -0.2) is 45.0 Å². The van der Waals surface area contributed by atoms with Gasteiger partial charge in [0.1, 0.15) is 6.04 Å². The zero-order chi connectivity index (χ0) is 23.9. The van der Waals surface area contributed by atoms with E-state index in [1.54, 1.807) is 12.3 Å². The molecule has 1 aliphatic rings. The van der Waals surface area contributed by atoms with E-state index >= 15 is 0 Å². The first-order valence-corrected chi connectivity index (χ1v) is 11.1. The van der Waals surface area contributed by atoms with Gasteiger partial charge >= 0.3 is 6.18 Å². The van der Waals surface area contributed by atoms with Gasteiger partial charge < -0.3 is 14.7 Å². The topological polar surface area (TPSA) is 104 Å². The zero-order valence-corrected chi connectivity index (χ0v) is 18.1. The lowest BCUT2D eigenvalue weighted by molar-refractivity contribution is -0.157. The molecule has 1 atom stereocenters. The summed E-state index contributed by atoms with van der Waals surface area (Å²) in [5.41, 5.74) is 1.66. The number of amides is 2. The lowest BCUT2D eigenvalue weighted by Gasteiger charge is -2.31. The predicted molar refractivity (Wildman–Crippen MR) is 119 cm³/mol. The van der Waals surface area contributed by atoms with Crippen LogP contribution < -0.4 is 10.2 Å². The molecule has 174 valence electrons. The second-order valence-corrected chi connectivity index (χ2v) is 8.43. The summed E-state index contributed by atoms with van der Waals surface area (Å²) in [7, 11) is 0. The standard InChI is InChI=1S/C22H16F3N5O3S/c23-22(24,25)17-9-18(31)27-15-7-3-4-8-16(15)30(17)19(32)11-34-21-29-28-20(33-21)13-10-26-14-6-2-1-5-12(13)14/h1-8,10,17,26H,9,11H2,(H,27,31). The first-order chi connectivity index (χ1) is 16.3. The molecule has 0 saturated carbocycles. The number of nitrogens with zero attached hydrogens (tertiary/aromatic N) is 3. The molecule has 1 unspecified atom stereocenters. The molecule has 0 bridgehead atoms. The first-order valence-electron chi connectivity index (χ1n) is 10.1. The van der Waals surface area contributed by atoms with Crippen LogP contribution in [0.3, 0.4) is 0 Å². The average molecular weight is 487 g/mol. The summed E-state index contributed by atoms with van der Waals surface area (Å²) in [5.74, 6) is -1.85. The number of carbonyl (C=O) groups is 2. The van der Waals surface area contributed by atoms with Gasteiger partial charge in [0.2, 0.25) is 11.8 Å². The number of fused-ring (bicyclic) bond motifs is 2. The van der Waals surface area contributed by atoms with Crippen molar-refractivity contribution in [2.45, 2.75) is 23.9 Å². The first kappa shape index (κ1) is 22.0. The Bertz CT molecular complexity index is 1380. The minimum absolute atomic E-state index is 0.0220. The number of para-hydroxylation sites is 3. The van der Waals surface area contributed by atoms with E-state index in [1.807, 2.05) is 24.3 Å². The van der Waals surface area contributed by atoms with E-state index in [9.17, 15) is 22.8 Å². The maximum atomic E-state index is 13.8. The van der Waals surface area contributed by atoms with Crippen LogP contribution in [0.25, 0.3) is 22.4 Å². The quantitative estimate of drug-likeness (QED) is 0.407. The van der Waals surface area contributed by atoms with Crippen LogP contribution in [0, 0.1) is 0 Å². The molecule has 2 aromatic carbocycles. The summed E-state index contributed by atoms with van der Waals surface area (Å²) in [6, 6.07) is 11.1. The minimum Gasteiger partial charge on any atom is -0.411 e. The number of aromatic amines is 1. The number of aromatic nitrogens is 3. The fourth-order valence-electron chi connectivity index (χ4n) is 3.81. The number of nitrogens with one attached hydrogen (secondary N) is 2. The van der Waals surface area contributed by atoms with Crippen molar-refractivity contribution in [3.05, 3.63) is 54.7 Å². The Morgan fingerprint density at radius 1 is 1.15 bits per heavy atom. The second kappa shape index (κ2) is 8.52. The molecule has 34 heavy (non-hydrogen) atoms. The number of hydrogen-bond donors (Lipinski definition) is 2. The fourth-order valence-corrected chi connectivity index (χ4v) is 4.44. The van der Waals surface area contributed by atoms with Gasteiger partial charge in [-0.1, -0.05) is 42.1 Å². The summed E-state index contributed by atoms with van der Waals surface area (Å²) >= 11 is 0.826. The van der Waals surface area contributed by atoms with Gasteiger partial charge in [0.15, 0.2) is 0 Å². The number of thioether (sulfide) groups is 1. The van der Waals surface area contributed by atoms with Gasteiger partial charge in [0.05, 0.1) is 29.1 Å². The summed E-state index contributed by atoms with van der Waals surface area (Å²) in [6.45, 7) is 0. The van der Waals surface area contributed by atoms with Crippen molar-refractivity contribution in [2.75, 3.05) is 16.0 Å². The summed E-state index contributed by atoms with van der Waals surface area (Å²) < 4.78 is 47.1. The third-order valence-corrected chi connectivity index (χ3v) is 6.12. The molecular weight excluding hydrogens is 471 g/mol. The number of alkyl halides is 3. The van der Waals surface area contributed by atoms with Gasteiger partial charge in [-0.15, -0.1) is 10.2 Å². The maximum Gasteiger partial charge on any atom is 0.409 e. The molecule has 2 N–H and O–H groups in total. The number of carbonyl (C=O) groups excluding carboxylic acids is 2. The lowest BCUT2D eigenvalue weighted by Crippen LogP contribution is -2.50. The van der Waals surface area contributed by atoms with Crippen molar-refractivity contribution in [1.29, 1.82) is 0 Å². The maximum absolute atomic E-state index is 13.8.